The van der Waals surface area contributed by atoms with Gasteiger partial charge in [-0.05, 0) is 29.6 Å². The van der Waals surface area contributed by atoms with E-state index in [1.165, 1.54) is 0 Å². The Balaban J connectivity index is 2.35. The molecule has 0 aliphatic heterocycles. The first-order chi connectivity index (χ1) is 8.81. The van der Waals surface area contributed by atoms with Gasteiger partial charge < -0.3 is 4.57 Å². The quantitative estimate of drug-likeness (QED) is 0.609. The van der Waals surface area contributed by atoms with Crippen LogP contribution in [0, 0.1) is 0 Å². The van der Waals surface area contributed by atoms with E-state index in [1.54, 1.807) is 12.3 Å². The zero-order valence-corrected chi connectivity index (χ0v) is 9.13. The van der Waals surface area contributed by atoms with E-state index in [-0.39, 0.29) is 0 Å². The molecule has 0 unspecified atom stereocenters. The van der Waals surface area contributed by atoms with Gasteiger partial charge in [0.1, 0.15) is 0 Å². The van der Waals surface area contributed by atoms with Gasteiger partial charge in [0.05, 0.1) is 12.6 Å². The van der Waals surface area contributed by atoms with Crippen LogP contribution in [0.1, 0.15) is 11.7 Å². The van der Waals surface area contributed by atoms with Crippen molar-refractivity contribution in [3.8, 4) is 5.69 Å². The molecule has 0 atom stereocenters. The third-order valence-electron chi connectivity index (χ3n) is 2.84. The van der Waals surface area contributed by atoms with E-state index in [0.717, 1.165) is 22.9 Å². The number of carbonyl (C=O) groups excluding carboxylic acids is 1. The normalized spacial score (nSPS) is 11.4. The number of aldehydes is 1. The van der Waals surface area contributed by atoms with Gasteiger partial charge in [0.25, 0.3) is 0 Å². The van der Waals surface area contributed by atoms with Crippen LogP contribution in [0.4, 0.5) is 0 Å². The molecule has 0 bridgehead atoms. The van der Waals surface area contributed by atoms with Crippen LogP contribution >= 0.6 is 0 Å². The highest BCUT2D eigenvalue weighted by molar-refractivity contribution is 5.86. The minimum absolute atomic E-state index is 0.464. The van der Waals surface area contributed by atoms with Crippen LogP contribution in [0.2, 0.25) is 0 Å². The van der Waals surface area contributed by atoms with Gasteiger partial charge in [0.2, 0.25) is 0 Å². The van der Waals surface area contributed by atoms with E-state index >= 15 is 0 Å². The molecule has 3 rings (SSSR count). The van der Waals surface area contributed by atoms with Crippen LogP contribution in [0.25, 0.3) is 16.6 Å². The van der Waals surface area contributed by atoms with Crippen LogP contribution in [-0.2, 0) is 0 Å². The molecule has 0 fully saturated rings. The van der Waals surface area contributed by atoms with Gasteiger partial charge in [-0.2, -0.15) is 0 Å². The minimum Gasteiger partial charge on any atom is -0.316 e. The van der Waals surface area contributed by atoms with Gasteiger partial charge in [-0.25, -0.2) is 0 Å². The fourth-order valence-corrected chi connectivity index (χ4v) is 2.02. The maximum absolute atomic E-state index is 11.1. The molecular weight excluding hydrogens is 210 g/mol. The van der Waals surface area contributed by atoms with E-state index in [0.29, 0.717) is 11.6 Å². The average molecular weight is 222 g/mol. The van der Waals surface area contributed by atoms with Crippen LogP contribution in [0.5, 0.6) is 0 Å². The molecule has 1 aromatic heterocycles. The summed E-state index contributed by atoms with van der Waals surface area (Å²) in [5, 5.41) is 0.887. The number of para-hydroxylation sites is 2. The van der Waals surface area contributed by atoms with E-state index < -0.39 is 0 Å². The lowest BCUT2D eigenvalue weighted by Crippen LogP contribution is -1.96. The Kier molecular flexibility index (Phi) is 2.01. The van der Waals surface area contributed by atoms with Crippen LogP contribution in [0.15, 0.2) is 60.8 Å². The van der Waals surface area contributed by atoms with Crippen LogP contribution < -0.4 is 0 Å². The van der Waals surface area contributed by atoms with E-state index in [2.05, 4.69) is 0 Å². The summed E-state index contributed by atoms with van der Waals surface area (Å²) in [6.07, 6.45) is 2.58. The first-order valence-corrected chi connectivity index (χ1v) is 5.42. The lowest BCUT2D eigenvalue weighted by molar-refractivity contribution is 0.112. The summed E-state index contributed by atoms with van der Waals surface area (Å²) >= 11 is 0. The number of nitrogens with zero attached hydrogens (tertiary/aromatic N) is 1. The zero-order chi connectivity index (χ0) is 12.5. The molecule has 82 valence electrons. The molecule has 0 spiro atoms. The number of fused-ring (bicyclic) bond motifs is 1. The molecule has 0 saturated carbocycles. The standard InChI is InChI=1S/C15H11NO/c17-11-13-6-2-4-8-15(13)16-10-9-12-5-1-3-7-14(12)16/h1-11H/i9D. The van der Waals surface area contributed by atoms with E-state index in [9.17, 15) is 4.79 Å². The Labute approximate surface area is 101 Å². The first-order valence-electron chi connectivity index (χ1n) is 5.92. The largest absolute Gasteiger partial charge is 0.316 e. The molecule has 3 aromatic rings. The van der Waals surface area contributed by atoms with Crippen molar-refractivity contribution in [1.29, 1.82) is 0 Å². The number of hydrogen-bond donors (Lipinski definition) is 0. The van der Waals surface area contributed by atoms with Gasteiger partial charge in [-0.15, -0.1) is 0 Å². The summed E-state index contributed by atoms with van der Waals surface area (Å²) in [6, 6.07) is 15.6. The van der Waals surface area contributed by atoms with E-state index in [4.69, 9.17) is 1.37 Å². The molecule has 0 N–H and O–H groups in total. The van der Waals surface area contributed by atoms with E-state index in [1.807, 2.05) is 47.0 Å². The minimum atomic E-state index is 0.464. The molecule has 0 aliphatic rings. The van der Waals surface area contributed by atoms with Gasteiger partial charge in [0.15, 0.2) is 6.29 Å². The summed E-state index contributed by atoms with van der Waals surface area (Å²) in [5.74, 6) is 0. The van der Waals surface area contributed by atoms with Crippen molar-refractivity contribution in [2.45, 2.75) is 0 Å². The highest BCUT2D eigenvalue weighted by Gasteiger charge is 2.05. The number of aromatic nitrogens is 1. The maximum atomic E-state index is 11.1. The molecule has 0 amide bonds. The van der Waals surface area contributed by atoms with Crippen molar-refractivity contribution >= 4 is 17.2 Å². The second-order valence-electron chi connectivity index (χ2n) is 3.84. The maximum Gasteiger partial charge on any atom is 0.152 e. The molecule has 2 nitrogen and oxygen atoms in total. The Morgan fingerprint density at radius 1 is 1.06 bits per heavy atom. The summed E-state index contributed by atoms with van der Waals surface area (Å²) in [7, 11) is 0. The summed E-state index contributed by atoms with van der Waals surface area (Å²) in [5.41, 5.74) is 2.37. The Bertz CT molecular complexity index is 730. The molecule has 0 saturated heterocycles. The topological polar surface area (TPSA) is 22.0 Å². The highest BCUT2D eigenvalue weighted by Crippen LogP contribution is 2.21. The van der Waals surface area contributed by atoms with Crippen molar-refractivity contribution in [2.24, 2.45) is 0 Å². The van der Waals surface area contributed by atoms with Crippen LogP contribution in [-0.4, -0.2) is 10.9 Å². The molecule has 2 heteroatoms. The van der Waals surface area contributed by atoms with Crippen molar-refractivity contribution in [1.82, 2.24) is 4.57 Å². The predicted octanol–water partition coefficient (Wildman–Crippen LogP) is 3.44. The van der Waals surface area contributed by atoms with Crippen molar-refractivity contribution in [2.75, 3.05) is 0 Å². The molecule has 1 heterocycles. The van der Waals surface area contributed by atoms with Gasteiger partial charge >= 0.3 is 0 Å². The Morgan fingerprint density at radius 3 is 2.71 bits per heavy atom. The Morgan fingerprint density at radius 2 is 1.82 bits per heavy atom. The van der Waals surface area contributed by atoms with Gasteiger partial charge in [-0.1, -0.05) is 30.3 Å². The summed E-state index contributed by atoms with van der Waals surface area (Å²) < 4.78 is 9.84. The molecule has 0 aliphatic carbocycles. The second kappa shape index (κ2) is 3.91. The van der Waals surface area contributed by atoms with Crippen molar-refractivity contribution in [3.05, 3.63) is 66.3 Å². The van der Waals surface area contributed by atoms with Gasteiger partial charge in [0, 0.05) is 11.8 Å². The fraction of sp³-hybridized carbons (Fsp3) is 0. The summed E-state index contributed by atoms with van der Waals surface area (Å²) in [4.78, 5) is 11.1. The number of hydrogen-bond acceptors (Lipinski definition) is 1. The third kappa shape index (κ3) is 1.54. The molecule has 17 heavy (non-hydrogen) atoms. The fourth-order valence-electron chi connectivity index (χ4n) is 2.02. The lowest BCUT2D eigenvalue weighted by Gasteiger charge is -2.07. The SMILES string of the molecule is [2H]c1cn(-c2ccccc2C=O)c2ccccc12. The van der Waals surface area contributed by atoms with Gasteiger partial charge in [-0.3, -0.25) is 4.79 Å². The average Bonchev–Trinajstić information content (AvgIpc) is 2.77. The monoisotopic (exact) mass is 222 g/mol. The smallest absolute Gasteiger partial charge is 0.152 e. The number of carbonyl (C=O) groups is 1. The highest BCUT2D eigenvalue weighted by atomic mass is 16.1. The Hall–Kier alpha value is -2.35. The molecule has 2 aromatic carbocycles. The second-order valence-corrected chi connectivity index (χ2v) is 3.84. The first kappa shape index (κ1) is 8.76. The predicted molar refractivity (Wildman–Crippen MR) is 68.7 cm³/mol. The van der Waals surface area contributed by atoms with Crippen LogP contribution in [0.3, 0.4) is 0 Å². The molecule has 0 radical (unpaired) electrons. The van der Waals surface area contributed by atoms with Crippen molar-refractivity contribution in [3.63, 3.8) is 0 Å². The summed E-state index contributed by atoms with van der Waals surface area (Å²) in [6.45, 7) is 0. The van der Waals surface area contributed by atoms with Crippen molar-refractivity contribution < 1.29 is 6.17 Å². The lowest BCUT2D eigenvalue weighted by atomic mass is 10.2. The number of rotatable bonds is 2. The third-order valence-corrected chi connectivity index (χ3v) is 2.84. The molecular formula is C15H11NO. The zero-order valence-electron chi connectivity index (χ0n) is 10.1. The number of benzene rings is 2.